The van der Waals surface area contributed by atoms with Crippen molar-refractivity contribution in [2.75, 3.05) is 50.5 Å². The average Bonchev–Trinajstić information content (AvgIpc) is 3.49. The highest BCUT2D eigenvalue weighted by Crippen LogP contribution is 2.32. The zero-order valence-corrected chi connectivity index (χ0v) is 31.5. The van der Waals surface area contributed by atoms with E-state index >= 15 is 0 Å². The molecule has 0 bridgehead atoms. The Kier molecular flexibility index (Phi) is 9.25. The van der Waals surface area contributed by atoms with Gasteiger partial charge in [0, 0.05) is 75.3 Å². The van der Waals surface area contributed by atoms with E-state index in [0.29, 0.717) is 69.6 Å². The number of rotatable bonds is 10. The molecule has 298 valence electrons. The van der Waals surface area contributed by atoms with Gasteiger partial charge in [-0.1, -0.05) is 11.6 Å². The van der Waals surface area contributed by atoms with Gasteiger partial charge in [0.2, 0.25) is 11.8 Å². The van der Waals surface area contributed by atoms with Gasteiger partial charge in [-0.3, -0.25) is 49.9 Å². The number of nitrogens with zero attached hydrogens (tertiary/aromatic N) is 5. The first-order valence-corrected chi connectivity index (χ1v) is 19.1. The Morgan fingerprint density at radius 1 is 0.947 bits per heavy atom. The number of benzene rings is 2. The van der Waals surface area contributed by atoms with Gasteiger partial charge in [0.1, 0.15) is 29.4 Å². The summed E-state index contributed by atoms with van der Waals surface area (Å²) in [5, 5.41) is 31.2. The number of amidine groups is 1. The van der Waals surface area contributed by atoms with Gasteiger partial charge in [0.05, 0.1) is 33.3 Å². The van der Waals surface area contributed by atoms with Crippen LogP contribution in [-0.4, -0.2) is 120 Å². The lowest BCUT2D eigenvalue weighted by Gasteiger charge is -2.40. The van der Waals surface area contributed by atoms with E-state index in [9.17, 15) is 24.0 Å². The second-order valence-corrected chi connectivity index (χ2v) is 14.9. The second kappa shape index (κ2) is 17.3. The number of fused-ring (bicyclic) bond motifs is 1. The van der Waals surface area contributed by atoms with Gasteiger partial charge in [-0.25, -0.2) is 0 Å². The van der Waals surface area contributed by atoms with Gasteiger partial charge in [0.25, 0.3) is 17.7 Å². The smallest absolute Gasteiger partial charge is 0.269 e. The molecule has 1 saturated carbocycles. The number of carbonyl (C=O) groups excluding carboxylic acids is 5. The summed E-state index contributed by atoms with van der Waals surface area (Å²) < 4.78 is 77.9. The van der Waals surface area contributed by atoms with Crippen molar-refractivity contribution < 1.29 is 39.7 Å². The number of hydrogen-bond donors (Lipinski definition) is 4. The van der Waals surface area contributed by atoms with Crippen molar-refractivity contribution in [2.24, 2.45) is 5.92 Å². The van der Waals surface area contributed by atoms with Crippen LogP contribution >= 0.6 is 11.6 Å². The van der Waals surface area contributed by atoms with Crippen LogP contribution in [0.2, 0.25) is 5.02 Å². The number of likely N-dealkylation sites (tertiary alicyclic amines) is 1. The third-order valence-corrected chi connectivity index (χ3v) is 11.0. The highest BCUT2D eigenvalue weighted by molar-refractivity contribution is 6.42. The average molecular weight is 804 g/mol. The highest BCUT2D eigenvalue weighted by Gasteiger charge is 2.45. The molecule has 3 saturated heterocycles. The van der Waals surface area contributed by atoms with Crippen molar-refractivity contribution in [1.82, 2.24) is 25.3 Å². The topological polar surface area (TPSA) is 203 Å². The molecule has 4 fully saturated rings. The number of amides is 5. The molecule has 0 radical (unpaired) electrons. The van der Waals surface area contributed by atoms with Crippen molar-refractivity contribution in [3.8, 4) is 11.8 Å². The fourth-order valence-corrected chi connectivity index (χ4v) is 7.71. The number of halogens is 1. The molecule has 4 heterocycles. The van der Waals surface area contributed by atoms with E-state index in [1.54, 1.807) is 23.1 Å². The molecule has 7 rings (SSSR count). The first kappa shape index (κ1) is 30.5. The summed E-state index contributed by atoms with van der Waals surface area (Å²) in [6.45, 7) is -12.8. The number of carbonyl (C=O) groups is 5. The van der Waals surface area contributed by atoms with E-state index in [1.165, 1.54) is 12.2 Å². The molecule has 57 heavy (non-hydrogen) atoms. The van der Waals surface area contributed by atoms with Gasteiger partial charge in [-0.15, -0.1) is 0 Å². The van der Waals surface area contributed by atoms with E-state index in [2.05, 4.69) is 10.6 Å². The summed E-state index contributed by atoms with van der Waals surface area (Å²) in [6, 6.07) is 8.56. The summed E-state index contributed by atoms with van der Waals surface area (Å²) >= 11 is 6.11. The van der Waals surface area contributed by atoms with Crippen LogP contribution in [0.25, 0.3) is 0 Å². The molecule has 4 aliphatic heterocycles. The Hall–Kier alpha value is -5.59. The Balaban J connectivity index is 0.932. The molecule has 2 aromatic carbocycles. The van der Waals surface area contributed by atoms with Crippen molar-refractivity contribution in [3.63, 3.8) is 0 Å². The molecule has 4 N–H and O–H groups in total. The highest BCUT2D eigenvalue weighted by atomic mass is 35.5. The molecular weight excluding hydrogens is 750 g/mol. The second-order valence-electron chi connectivity index (χ2n) is 14.5. The first-order chi connectivity index (χ1) is 30.5. The molecule has 5 aliphatic rings. The minimum Gasteiger partial charge on any atom is -0.490 e. The minimum absolute atomic E-state index is 0.00302. The maximum atomic E-state index is 13.5. The zero-order valence-electron chi connectivity index (χ0n) is 38.8. The predicted octanol–water partition coefficient (Wildman–Crippen LogP) is 3.51. The summed E-state index contributed by atoms with van der Waals surface area (Å²) in [4.78, 5) is 67.1. The molecule has 0 aromatic heterocycles. The molecule has 15 nitrogen and oxygen atoms in total. The van der Waals surface area contributed by atoms with Gasteiger partial charge in [-0.05, 0) is 93.3 Å². The Morgan fingerprint density at radius 2 is 1.67 bits per heavy atom. The Bertz CT molecular complexity index is 2390. The predicted molar refractivity (Wildman–Crippen MR) is 212 cm³/mol. The van der Waals surface area contributed by atoms with Crippen molar-refractivity contribution in [3.05, 3.63) is 70.3 Å². The van der Waals surface area contributed by atoms with Crippen LogP contribution in [0.15, 0.2) is 48.6 Å². The largest absolute Gasteiger partial charge is 0.490 e. The van der Waals surface area contributed by atoms with Crippen LogP contribution in [0.1, 0.15) is 88.6 Å². The Morgan fingerprint density at radius 3 is 2.35 bits per heavy atom. The van der Waals surface area contributed by atoms with Crippen molar-refractivity contribution >= 4 is 58.4 Å². The molecule has 5 amide bonds. The number of hydrogen-bond acceptors (Lipinski definition) is 11. The van der Waals surface area contributed by atoms with Crippen molar-refractivity contribution in [1.29, 1.82) is 16.1 Å². The SMILES string of the molecule is [2H]C1([2H])N(CC2CCN(C(=N)/C=C\C(=N)C(=O)NC3CCC(Oc4ccc(C#N)c(Cl)c4)CC3)CC2)C([2H])([2H])C([2H])([2H])N(c2ccc3c(c2)C(=O)N(C2CCC(=O)NC2=O)C3=O)C1([2H])[2H]. The lowest BCUT2D eigenvalue weighted by molar-refractivity contribution is -0.136. The van der Waals surface area contributed by atoms with Crippen LogP contribution in [-0.2, 0) is 14.4 Å². The van der Waals surface area contributed by atoms with Gasteiger partial charge in [0.15, 0.2) is 0 Å². The van der Waals surface area contributed by atoms with Crippen LogP contribution in [0.5, 0.6) is 5.75 Å². The number of ether oxygens (including phenoxy) is 1. The summed E-state index contributed by atoms with van der Waals surface area (Å²) in [5.41, 5.74) is -0.935. The standard InChI is InChI=1S/C41H46ClN9O6/c42-33-22-30(5-1-26(33)23-43)57-29-6-2-27(3-7-29)46-38(53)34(44)9-11-36(45)50-15-13-25(14-16-50)24-48-17-19-49(20-18-48)28-4-8-31-32(21-28)41(56)51(40(31)55)35-10-12-37(52)47-39(35)54/h1,4-5,8-9,11,21-22,25,27,29,35,44-45H,2-3,6-7,10,12-20,24H2,(H,46,53)(H,47,52,54)/b11-9-,44-34?,45-36?/i17D2,18D2,19D2,20D2. The molecule has 1 unspecified atom stereocenters. The molecule has 2 aromatic rings. The fourth-order valence-electron chi connectivity index (χ4n) is 7.49. The maximum Gasteiger partial charge on any atom is 0.269 e. The number of piperidine rings is 2. The number of anilines is 1. The van der Waals surface area contributed by atoms with Crippen LogP contribution in [0.4, 0.5) is 5.69 Å². The molecule has 1 aliphatic carbocycles. The quantitative estimate of drug-likeness (QED) is 0.156. The van der Waals surface area contributed by atoms with Gasteiger partial charge < -0.3 is 19.9 Å². The summed E-state index contributed by atoms with van der Waals surface area (Å²) in [7, 11) is 0. The minimum atomic E-state index is -3.27. The fraction of sp³-hybridized carbons (Fsp3) is 0.463. The lowest BCUT2D eigenvalue weighted by atomic mass is 9.92. The monoisotopic (exact) mass is 803 g/mol. The zero-order chi connectivity index (χ0) is 47.4. The summed E-state index contributed by atoms with van der Waals surface area (Å²) in [5.74, 6) is -3.75. The third-order valence-electron chi connectivity index (χ3n) is 10.7. The van der Waals surface area contributed by atoms with Crippen LogP contribution < -0.4 is 20.3 Å². The van der Waals surface area contributed by atoms with E-state index in [1.807, 2.05) is 6.07 Å². The van der Waals surface area contributed by atoms with E-state index in [4.69, 9.17) is 43.4 Å². The maximum absolute atomic E-state index is 13.5. The van der Waals surface area contributed by atoms with Crippen LogP contribution in [0, 0.1) is 28.1 Å². The molecule has 16 heteroatoms. The lowest BCUT2D eigenvalue weighted by Crippen LogP contribution is -2.54. The van der Waals surface area contributed by atoms with E-state index in [-0.39, 0.29) is 60.8 Å². The number of imide groups is 2. The Labute approximate surface area is 347 Å². The van der Waals surface area contributed by atoms with E-state index < -0.39 is 79.7 Å². The molecule has 1 atom stereocenters. The van der Waals surface area contributed by atoms with Gasteiger partial charge in [-0.2, -0.15) is 5.26 Å². The number of piperazine rings is 1. The van der Waals surface area contributed by atoms with Crippen molar-refractivity contribution in [2.45, 2.75) is 69.6 Å². The number of nitriles is 1. The molecule has 0 spiro atoms. The third kappa shape index (κ3) is 9.03. The summed E-state index contributed by atoms with van der Waals surface area (Å²) in [6.07, 6.45) is 5.31. The number of nitrogens with one attached hydrogen (secondary N) is 4. The van der Waals surface area contributed by atoms with Gasteiger partial charge >= 0.3 is 0 Å². The normalized spacial score (nSPS) is 28.9. The first-order valence-electron chi connectivity index (χ1n) is 22.7. The van der Waals surface area contributed by atoms with E-state index in [0.717, 1.165) is 18.2 Å². The molecular formula is C41H46ClN9O6. The van der Waals surface area contributed by atoms with Crippen LogP contribution in [0.3, 0.4) is 0 Å².